The molecular weight excluding hydrogens is 362 g/mol. The van der Waals surface area contributed by atoms with Crippen LogP contribution < -0.4 is 10.1 Å². The largest absolute Gasteiger partial charge is 0.497 e. The SMILES string of the molecule is COc1ccc(CNC(=O)N2CCCC2C(=O)N2CCCC2C(=O)CO)cc1. The predicted molar refractivity (Wildman–Crippen MR) is 102 cm³/mol. The second-order valence-electron chi connectivity index (χ2n) is 7.17. The molecule has 152 valence electrons. The molecule has 2 aliphatic heterocycles. The van der Waals surface area contributed by atoms with Gasteiger partial charge in [0.2, 0.25) is 5.91 Å². The lowest BCUT2D eigenvalue weighted by Gasteiger charge is -2.30. The molecule has 8 nitrogen and oxygen atoms in total. The first-order valence-electron chi connectivity index (χ1n) is 9.66. The van der Waals surface area contributed by atoms with Crippen molar-refractivity contribution in [2.24, 2.45) is 0 Å². The number of amides is 3. The van der Waals surface area contributed by atoms with E-state index in [1.807, 2.05) is 24.3 Å². The number of ketones is 1. The molecule has 8 heteroatoms. The van der Waals surface area contributed by atoms with Gasteiger partial charge in [0.1, 0.15) is 18.4 Å². The first-order chi connectivity index (χ1) is 13.5. The van der Waals surface area contributed by atoms with Crippen LogP contribution in [0.5, 0.6) is 5.75 Å². The van der Waals surface area contributed by atoms with Gasteiger partial charge in [-0.25, -0.2) is 4.79 Å². The van der Waals surface area contributed by atoms with Crippen LogP contribution in [0.4, 0.5) is 4.79 Å². The molecule has 2 heterocycles. The third kappa shape index (κ3) is 4.27. The molecule has 2 atom stereocenters. The van der Waals surface area contributed by atoms with Gasteiger partial charge in [0.15, 0.2) is 5.78 Å². The Morgan fingerprint density at radius 2 is 1.71 bits per heavy atom. The number of hydrogen-bond acceptors (Lipinski definition) is 5. The van der Waals surface area contributed by atoms with Crippen LogP contribution >= 0.6 is 0 Å². The molecule has 3 rings (SSSR count). The second-order valence-corrected chi connectivity index (χ2v) is 7.17. The average molecular weight is 389 g/mol. The molecule has 2 saturated heterocycles. The van der Waals surface area contributed by atoms with Crippen LogP contribution in [-0.2, 0) is 16.1 Å². The third-order valence-corrected chi connectivity index (χ3v) is 5.46. The van der Waals surface area contributed by atoms with Crippen LogP contribution in [0.1, 0.15) is 31.2 Å². The van der Waals surface area contributed by atoms with Crippen molar-refractivity contribution in [3.63, 3.8) is 0 Å². The molecule has 1 aromatic carbocycles. The molecule has 0 radical (unpaired) electrons. The lowest BCUT2D eigenvalue weighted by atomic mass is 10.1. The average Bonchev–Trinajstić information content (AvgIpc) is 3.41. The quantitative estimate of drug-likeness (QED) is 0.754. The summed E-state index contributed by atoms with van der Waals surface area (Å²) >= 11 is 0. The highest BCUT2D eigenvalue weighted by Crippen LogP contribution is 2.25. The van der Waals surface area contributed by atoms with Gasteiger partial charge in [0.05, 0.1) is 13.2 Å². The van der Waals surface area contributed by atoms with E-state index in [1.54, 1.807) is 12.0 Å². The molecule has 0 spiro atoms. The Balaban J connectivity index is 1.60. The second kappa shape index (κ2) is 9.05. The summed E-state index contributed by atoms with van der Waals surface area (Å²) in [7, 11) is 1.60. The van der Waals surface area contributed by atoms with Crippen molar-refractivity contribution in [1.82, 2.24) is 15.1 Å². The smallest absolute Gasteiger partial charge is 0.318 e. The fourth-order valence-electron chi connectivity index (χ4n) is 3.95. The van der Waals surface area contributed by atoms with E-state index in [4.69, 9.17) is 9.84 Å². The number of likely N-dealkylation sites (tertiary alicyclic amines) is 2. The molecule has 0 bridgehead atoms. The number of nitrogens with one attached hydrogen (secondary N) is 1. The van der Waals surface area contributed by atoms with E-state index in [-0.39, 0.29) is 17.7 Å². The van der Waals surface area contributed by atoms with Gasteiger partial charge in [-0.1, -0.05) is 12.1 Å². The molecule has 0 aromatic heterocycles. The van der Waals surface area contributed by atoms with Crippen molar-refractivity contribution in [2.75, 3.05) is 26.8 Å². The van der Waals surface area contributed by atoms with Crippen molar-refractivity contribution >= 4 is 17.7 Å². The standard InChI is InChI=1S/C20H27N3O5/c1-28-15-8-6-14(7-9-15)12-21-20(27)23-11-3-5-17(23)19(26)22-10-2-4-16(22)18(25)13-24/h6-9,16-17,24H,2-5,10-13H2,1H3,(H,21,27). The maximum atomic E-state index is 13.0. The number of rotatable bonds is 6. The van der Waals surface area contributed by atoms with Crippen LogP contribution in [0.15, 0.2) is 24.3 Å². The molecular formula is C20H27N3O5. The fraction of sp³-hybridized carbons (Fsp3) is 0.550. The van der Waals surface area contributed by atoms with E-state index in [0.717, 1.165) is 24.2 Å². The highest BCUT2D eigenvalue weighted by Gasteiger charge is 2.41. The number of methoxy groups -OCH3 is 1. The Morgan fingerprint density at radius 1 is 1.07 bits per heavy atom. The number of ether oxygens (including phenoxy) is 1. The zero-order chi connectivity index (χ0) is 20.1. The molecule has 2 unspecified atom stereocenters. The van der Waals surface area contributed by atoms with Crippen molar-refractivity contribution < 1.29 is 24.2 Å². The fourth-order valence-corrected chi connectivity index (χ4v) is 3.95. The summed E-state index contributed by atoms with van der Waals surface area (Å²) in [6, 6.07) is 6.01. The number of urea groups is 1. The van der Waals surface area contributed by atoms with Crippen LogP contribution in [0.2, 0.25) is 0 Å². The van der Waals surface area contributed by atoms with Gasteiger partial charge in [0.25, 0.3) is 0 Å². The van der Waals surface area contributed by atoms with Crippen molar-refractivity contribution in [3.8, 4) is 5.75 Å². The summed E-state index contributed by atoms with van der Waals surface area (Å²) in [5, 5.41) is 12.0. The van der Waals surface area contributed by atoms with Crippen molar-refractivity contribution in [3.05, 3.63) is 29.8 Å². The van der Waals surface area contributed by atoms with Crippen molar-refractivity contribution in [2.45, 2.75) is 44.3 Å². The maximum Gasteiger partial charge on any atom is 0.318 e. The number of hydrogen-bond donors (Lipinski definition) is 2. The Labute approximate surface area is 164 Å². The van der Waals surface area contributed by atoms with Crippen LogP contribution in [0, 0.1) is 0 Å². The molecule has 2 fully saturated rings. The minimum Gasteiger partial charge on any atom is -0.497 e. The highest BCUT2D eigenvalue weighted by atomic mass is 16.5. The minimum absolute atomic E-state index is 0.193. The summed E-state index contributed by atoms with van der Waals surface area (Å²) in [5.74, 6) is 0.221. The molecule has 28 heavy (non-hydrogen) atoms. The highest BCUT2D eigenvalue weighted by molar-refractivity contribution is 5.93. The van der Waals surface area contributed by atoms with Gasteiger partial charge in [0, 0.05) is 19.6 Å². The topological polar surface area (TPSA) is 99.2 Å². The number of aliphatic hydroxyl groups excluding tert-OH is 1. The lowest BCUT2D eigenvalue weighted by Crippen LogP contribution is -2.53. The zero-order valence-corrected chi connectivity index (χ0v) is 16.1. The third-order valence-electron chi connectivity index (χ3n) is 5.46. The summed E-state index contributed by atoms with van der Waals surface area (Å²) in [6.45, 7) is 0.797. The molecule has 2 aliphatic rings. The molecule has 0 saturated carbocycles. The summed E-state index contributed by atoms with van der Waals surface area (Å²) in [4.78, 5) is 40.7. The predicted octanol–water partition coefficient (Wildman–Crippen LogP) is 0.922. The van der Waals surface area contributed by atoms with E-state index in [9.17, 15) is 14.4 Å². The van der Waals surface area contributed by atoms with Gasteiger partial charge in [-0.3, -0.25) is 9.59 Å². The Bertz CT molecular complexity index is 721. The number of carbonyl (C=O) groups excluding carboxylic acids is 3. The van der Waals surface area contributed by atoms with Crippen molar-refractivity contribution in [1.29, 1.82) is 0 Å². The normalized spacial score (nSPS) is 21.6. The van der Waals surface area contributed by atoms with Gasteiger partial charge in [-0.2, -0.15) is 0 Å². The van der Waals surface area contributed by atoms with E-state index >= 15 is 0 Å². The zero-order valence-electron chi connectivity index (χ0n) is 16.1. The van der Waals surface area contributed by atoms with Gasteiger partial charge < -0.3 is 25.0 Å². The number of aliphatic hydroxyl groups is 1. The first kappa shape index (κ1) is 20.1. The number of benzene rings is 1. The van der Waals surface area contributed by atoms with E-state index in [1.165, 1.54) is 4.90 Å². The maximum absolute atomic E-state index is 13.0. The van der Waals surface area contributed by atoms with Crippen LogP contribution in [-0.4, -0.2) is 71.5 Å². The molecule has 2 N–H and O–H groups in total. The summed E-state index contributed by atoms with van der Waals surface area (Å²) in [5.41, 5.74) is 0.935. The molecule has 1 aromatic rings. The minimum atomic E-state index is -0.567. The summed E-state index contributed by atoms with van der Waals surface area (Å²) in [6.07, 6.45) is 2.64. The number of Topliss-reactive ketones (excluding diaryl/α,β-unsaturated/α-hetero) is 1. The lowest BCUT2D eigenvalue weighted by molar-refractivity contribution is -0.141. The number of carbonyl (C=O) groups is 3. The molecule has 0 aliphatic carbocycles. The monoisotopic (exact) mass is 389 g/mol. The van der Waals surface area contributed by atoms with Gasteiger partial charge in [-0.15, -0.1) is 0 Å². The number of nitrogens with zero attached hydrogens (tertiary/aromatic N) is 2. The van der Waals surface area contributed by atoms with Crippen LogP contribution in [0.3, 0.4) is 0 Å². The van der Waals surface area contributed by atoms with E-state index in [2.05, 4.69) is 5.32 Å². The van der Waals surface area contributed by atoms with Crippen LogP contribution in [0.25, 0.3) is 0 Å². The first-order valence-corrected chi connectivity index (χ1v) is 9.66. The summed E-state index contributed by atoms with van der Waals surface area (Å²) < 4.78 is 5.12. The Morgan fingerprint density at radius 3 is 2.36 bits per heavy atom. The van der Waals surface area contributed by atoms with Gasteiger partial charge in [-0.05, 0) is 43.4 Å². The Hall–Kier alpha value is -2.61. The Kier molecular flexibility index (Phi) is 6.51. The molecule has 3 amide bonds. The van der Waals surface area contributed by atoms with Gasteiger partial charge >= 0.3 is 6.03 Å². The van der Waals surface area contributed by atoms with E-state index < -0.39 is 18.7 Å². The van der Waals surface area contributed by atoms with E-state index in [0.29, 0.717) is 32.5 Å².